The fourth-order valence-corrected chi connectivity index (χ4v) is 1.89. The van der Waals surface area contributed by atoms with E-state index in [9.17, 15) is 0 Å². The van der Waals surface area contributed by atoms with Gasteiger partial charge in [0.15, 0.2) is 0 Å². The Labute approximate surface area is 98.8 Å². The van der Waals surface area contributed by atoms with Crippen LogP contribution in [0.4, 0.5) is 5.95 Å². The van der Waals surface area contributed by atoms with Gasteiger partial charge in [0.05, 0.1) is 11.4 Å². The molecule has 84 valence electrons. The molecule has 0 amide bonds. The second-order valence-corrected chi connectivity index (χ2v) is 4.79. The van der Waals surface area contributed by atoms with Crippen LogP contribution in [-0.2, 0) is 4.74 Å². The quantitative estimate of drug-likeness (QED) is 0.765. The average Bonchev–Trinajstić information content (AvgIpc) is 2.18. The van der Waals surface area contributed by atoms with Crippen LogP contribution < -0.4 is 4.90 Å². The number of ether oxygens (including phenoxy) is 1. The zero-order chi connectivity index (χ0) is 11.3. The lowest BCUT2D eigenvalue weighted by atomic mass is 10.4. The summed E-state index contributed by atoms with van der Waals surface area (Å²) in [6.07, 6.45) is 3.64. The summed E-state index contributed by atoms with van der Waals surface area (Å²) in [5.41, 5.74) is 1.07. The molecule has 0 aromatic carbocycles. The number of aromatic nitrogens is 2. The molecule has 1 atom stereocenters. The SMILES string of the molecule is COCC(Br)CN(C)c1ncc(C)cn1. The Bertz CT molecular complexity index is 291. The minimum atomic E-state index is 0.289. The third kappa shape index (κ3) is 4.13. The molecule has 5 heteroatoms. The van der Waals surface area contributed by atoms with Crippen molar-refractivity contribution in [3.05, 3.63) is 18.0 Å². The number of alkyl halides is 1. The van der Waals surface area contributed by atoms with Crippen LogP contribution in [0.25, 0.3) is 0 Å². The highest BCUT2D eigenvalue weighted by Crippen LogP contribution is 2.08. The number of halogens is 1. The molecule has 0 aliphatic rings. The van der Waals surface area contributed by atoms with Crippen molar-refractivity contribution < 1.29 is 4.74 Å². The molecular formula is C10H16BrN3O. The number of nitrogens with zero attached hydrogens (tertiary/aromatic N) is 3. The molecule has 1 rings (SSSR count). The Morgan fingerprint density at radius 2 is 2.07 bits per heavy atom. The fourth-order valence-electron chi connectivity index (χ4n) is 1.20. The van der Waals surface area contributed by atoms with Crippen molar-refractivity contribution in [2.75, 3.05) is 32.2 Å². The highest BCUT2D eigenvalue weighted by Gasteiger charge is 2.09. The van der Waals surface area contributed by atoms with E-state index < -0.39 is 0 Å². The van der Waals surface area contributed by atoms with Crippen LogP contribution in [0.1, 0.15) is 5.56 Å². The van der Waals surface area contributed by atoms with E-state index in [4.69, 9.17) is 4.74 Å². The lowest BCUT2D eigenvalue weighted by Gasteiger charge is -2.19. The van der Waals surface area contributed by atoms with Crippen molar-refractivity contribution in [1.29, 1.82) is 0 Å². The first-order valence-corrected chi connectivity index (χ1v) is 5.68. The van der Waals surface area contributed by atoms with E-state index in [0.717, 1.165) is 18.1 Å². The highest BCUT2D eigenvalue weighted by atomic mass is 79.9. The second-order valence-electron chi connectivity index (χ2n) is 3.49. The van der Waals surface area contributed by atoms with Gasteiger partial charge >= 0.3 is 0 Å². The smallest absolute Gasteiger partial charge is 0.225 e. The summed E-state index contributed by atoms with van der Waals surface area (Å²) in [4.78, 5) is 10.8. The third-order valence-corrected chi connectivity index (χ3v) is 2.48. The predicted molar refractivity (Wildman–Crippen MR) is 64.6 cm³/mol. The van der Waals surface area contributed by atoms with Gasteiger partial charge in [0.25, 0.3) is 0 Å². The van der Waals surface area contributed by atoms with Crippen molar-refractivity contribution in [3.63, 3.8) is 0 Å². The first-order chi connectivity index (χ1) is 7.13. The molecular weight excluding hydrogens is 258 g/mol. The fraction of sp³-hybridized carbons (Fsp3) is 0.600. The summed E-state index contributed by atoms with van der Waals surface area (Å²) in [7, 11) is 3.66. The summed E-state index contributed by atoms with van der Waals surface area (Å²) < 4.78 is 5.05. The van der Waals surface area contributed by atoms with E-state index in [1.807, 2.05) is 31.3 Å². The normalized spacial score (nSPS) is 12.5. The molecule has 0 fully saturated rings. The summed E-state index contributed by atoms with van der Waals surface area (Å²) in [5, 5.41) is 0. The van der Waals surface area contributed by atoms with Crippen LogP contribution in [0, 0.1) is 6.92 Å². The summed E-state index contributed by atoms with van der Waals surface area (Å²) in [6.45, 7) is 3.47. The van der Waals surface area contributed by atoms with Crippen LogP contribution >= 0.6 is 15.9 Å². The molecule has 0 N–H and O–H groups in total. The maximum absolute atomic E-state index is 5.05. The van der Waals surface area contributed by atoms with Crippen LogP contribution in [0.15, 0.2) is 12.4 Å². The summed E-state index contributed by atoms with van der Waals surface area (Å²) in [6, 6.07) is 0. The number of rotatable bonds is 5. The maximum Gasteiger partial charge on any atom is 0.225 e. The van der Waals surface area contributed by atoms with E-state index in [0.29, 0.717) is 6.61 Å². The number of aryl methyl sites for hydroxylation is 1. The number of methoxy groups -OCH3 is 1. The van der Waals surface area contributed by atoms with Gasteiger partial charge in [0, 0.05) is 33.1 Å². The highest BCUT2D eigenvalue weighted by molar-refractivity contribution is 9.09. The molecule has 1 aromatic heterocycles. The van der Waals surface area contributed by atoms with Gasteiger partial charge in [0.1, 0.15) is 0 Å². The molecule has 0 bridgehead atoms. The van der Waals surface area contributed by atoms with Crippen LogP contribution in [0.5, 0.6) is 0 Å². The molecule has 15 heavy (non-hydrogen) atoms. The summed E-state index contributed by atoms with van der Waals surface area (Å²) >= 11 is 3.53. The first kappa shape index (κ1) is 12.4. The van der Waals surface area contributed by atoms with Gasteiger partial charge in [0.2, 0.25) is 5.95 Å². The van der Waals surface area contributed by atoms with Gasteiger partial charge in [-0.25, -0.2) is 9.97 Å². The molecule has 0 aliphatic heterocycles. The summed E-state index contributed by atoms with van der Waals surface area (Å²) in [5.74, 6) is 0.737. The lowest BCUT2D eigenvalue weighted by molar-refractivity contribution is 0.201. The van der Waals surface area contributed by atoms with Crippen molar-refractivity contribution in [2.45, 2.75) is 11.8 Å². The van der Waals surface area contributed by atoms with Crippen LogP contribution in [-0.4, -0.2) is 42.1 Å². The number of anilines is 1. The minimum absolute atomic E-state index is 0.289. The van der Waals surface area contributed by atoms with Gasteiger partial charge in [-0.3, -0.25) is 0 Å². The zero-order valence-corrected chi connectivity index (χ0v) is 10.9. The Hall–Kier alpha value is -0.680. The third-order valence-electron chi connectivity index (χ3n) is 1.93. The molecule has 1 heterocycles. The van der Waals surface area contributed by atoms with Crippen molar-refractivity contribution >= 4 is 21.9 Å². The van der Waals surface area contributed by atoms with Gasteiger partial charge in [-0.05, 0) is 12.5 Å². The van der Waals surface area contributed by atoms with Crippen LogP contribution in [0.3, 0.4) is 0 Å². The van der Waals surface area contributed by atoms with Crippen molar-refractivity contribution in [3.8, 4) is 0 Å². The number of hydrogen-bond donors (Lipinski definition) is 0. The van der Waals surface area contributed by atoms with Crippen molar-refractivity contribution in [2.24, 2.45) is 0 Å². The molecule has 0 saturated carbocycles. The largest absolute Gasteiger partial charge is 0.383 e. The predicted octanol–water partition coefficient (Wildman–Crippen LogP) is 1.63. The Balaban J connectivity index is 2.53. The van der Waals surface area contributed by atoms with Gasteiger partial charge in [-0.1, -0.05) is 15.9 Å². The molecule has 1 unspecified atom stereocenters. The van der Waals surface area contributed by atoms with E-state index >= 15 is 0 Å². The maximum atomic E-state index is 5.05. The molecule has 1 aromatic rings. The van der Waals surface area contributed by atoms with E-state index in [1.165, 1.54) is 0 Å². The second kappa shape index (κ2) is 6.02. The van der Waals surface area contributed by atoms with E-state index in [1.54, 1.807) is 7.11 Å². The van der Waals surface area contributed by atoms with Gasteiger partial charge < -0.3 is 9.64 Å². The first-order valence-electron chi connectivity index (χ1n) is 4.76. The molecule has 4 nitrogen and oxygen atoms in total. The van der Waals surface area contributed by atoms with Gasteiger partial charge in [-0.2, -0.15) is 0 Å². The lowest BCUT2D eigenvalue weighted by Crippen LogP contribution is -2.29. The van der Waals surface area contributed by atoms with E-state index in [-0.39, 0.29) is 4.83 Å². The Kier molecular flexibility index (Phi) is 4.98. The average molecular weight is 274 g/mol. The van der Waals surface area contributed by atoms with E-state index in [2.05, 4.69) is 25.9 Å². The molecule has 0 saturated heterocycles. The Morgan fingerprint density at radius 3 is 2.60 bits per heavy atom. The monoisotopic (exact) mass is 273 g/mol. The molecule has 0 radical (unpaired) electrons. The number of hydrogen-bond acceptors (Lipinski definition) is 4. The Morgan fingerprint density at radius 1 is 1.47 bits per heavy atom. The van der Waals surface area contributed by atoms with Crippen molar-refractivity contribution in [1.82, 2.24) is 9.97 Å². The zero-order valence-electron chi connectivity index (χ0n) is 9.27. The van der Waals surface area contributed by atoms with Gasteiger partial charge in [-0.15, -0.1) is 0 Å². The molecule has 0 spiro atoms. The minimum Gasteiger partial charge on any atom is -0.383 e. The standard InChI is InChI=1S/C10H16BrN3O/c1-8-4-12-10(13-5-8)14(2)6-9(11)7-15-3/h4-5,9H,6-7H2,1-3H3. The van der Waals surface area contributed by atoms with Crippen LogP contribution in [0.2, 0.25) is 0 Å². The molecule has 0 aliphatic carbocycles. The topological polar surface area (TPSA) is 38.2 Å².